The van der Waals surface area contributed by atoms with Gasteiger partial charge in [0.25, 0.3) is 5.91 Å². The van der Waals surface area contributed by atoms with Crippen molar-refractivity contribution in [2.75, 3.05) is 5.75 Å². The fraction of sp³-hybridized carbons (Fsp3) is 0.680. The molecule has 6 heteroatoms. The number of nitrogens with one attached hydrogen (secondary N) is 1. The van der Waals surface area contributed by atoms with Gasteiger partial charge in [-0.3, -0.25) is 15.0 Å². The van der Waals surface area contributed by atoms with Crippen LogP contribution in [0.15, 0.2) is 24.3 Å². The maximum Gasteiger partial charge on any atom is 0.252 e. The maximum absolute atomic E-state index is 12.3. The zero-order valence-corrected chi connectivity index (χ0v) is 19.9. The first-order valence-electron chi connectivity index (χ1n) is 12.1. The Hall–Kier alpha value is -1.69. The monoisotopic (exact) mass is 448 g/mol. The fourth-order valence-corrected chi connectivity index (χ4v) is 5.03. The van der Waals surface area contributed by atoms with Gasteiger partial charge >= 0.3 is 0 Å². The van der Waals surface area contributed by atoms with E-state index in [1.54, 1.807) is 24.3 Å². The van der Waals surface area contributed by atoms with Crippen molar-refractivity contribution in [1.29, 1.82) is 0 Å². The van der Waals surface area contributed by atoms with Crippen molar-refractivity contribution < 1.29 is 14.7 Å². The molecule has 1 fully saturated rings. The zero-order chi connectivity index (χ0) is 22.3. The van der Waals surface area contributed by atoms with Gasteiger partial charge in [-0.25, -0.2) is 5.01 Å². The molecule has 2 amide bonds. The van der Waals surface area contributed by atoms with Gasteiger partial charge in [-0.05, 0) is 24.1 Å². The molecule has 31 heavy (non-hydrogen) atoms. The Balaban J connectivity index is 1.51. The largest absolute Gasteiger partial charge is 0.508 e. The first-order valence-corrected chi connectivity index (χ1v) is 13.2. The highest BCUT2D eigenvalue weighted by molar-refractivity contribution is 8.00. The summed E-state index contributed by atoms with van der Waals surface area (Å²) in [7, 11) is 0. The SMILES string of the molecule is CCCCCCCCCCCCCCCC(=O)NN1C(=O)CSC1c1ccc(O)cc1. The Morgan fingerprint density at radius 1 is 0.935 bits per heavy atom. The van der Waals surface area contributed by atoms with Gasteiger partial charge in [0.05, 0.1) is 5.75 Å². The van der Waals surface area contributed by atoms with Crippen LogP contribution in [0.4, 0.5) is 0 Å². The normalized spacial score (nSPS) is 16.1. The number of aromatic hydroxyl groups is 1. The molecule has 0 spiro atoms. The van der Waals surface area contributed by atoms with E-state index in [4.69, 9.17) is 0 Å². The molecule has 0 bridgehead atoms. The van der Waals surface area contributed by atoms with Crippen molar-refractivity contribution in [3.8, 4) is 5.75 Å². The number of benzene rings is 1. The molecule has 0 radical (unpaired) electrons. The number of thioether (sulfide) groups is 1. The topological polar surface area (TPSA) is 69.6 Å². The summed E-state index contributed by atoms with van der Waals surface area (Å²) in [5.74, 6) is 0.366. The van der Waals surface area contributed by atoms with E-state index in [9.17, 15) is 14.7 Å². The second-order valence-electron chi connectivity index (χ2n) is 8.55. The summed E-state index contributed by atoms with van der Waals surface area (Å²) < 4.78 is 0. The standard InChI is InChI=1S/C25H40N2O3S/c1-2-3-4-5-6-7-8-9-10-11-12-13-14-15-23(29)26-27-24(30)20-31-25(27)21-16-18-22(28)19-17-21/h16-19,25,28H,2-15,20H2,1H3,(H,26,29). The van der Waals surface area contributed by atoms with Crippen molar-refractivity contribution in [3.05, 3.63) is 29.8 Å². The number of rotatable bonds is 16. The van der Waals surface area contributed by atoms with Crippen LogP contribution in [0.2, 0.25) is 0 Å². The lowest BCUT2D eigenvalue weighted by Crippen LogP contribution is -2.44. The smallest absolute Gasteiger partial charge is 0.252 e. The predicted molar refractivity (Wildman–Crippen MR) is 129 cm³/mol. The highest BCUT2D eigenvalue weighted by atomic mass is 32.2. The van der Waals surface area contributed by atoms with E-state index in [1.807, 2.05) is 0 Å². The first kappa shape index (κ1) is 25.6. The van der Waals surface area contributed by atoms with E-state index in [1.165, 1.54) is 87.4 Å². The molecule has 0 aliphatic carbocycles. The molecule has 1 aromatic rings. The lowest BCUT2D eigenvalue weighted by Gasteiger charge is -2.24. The van der Waals surface area contributed by atoms with E-state index in [-0.39, 0.29) is 22.9 Å². The highest BCUT2D eigenvalue weighted by Gasteiger charge is 2.34. The van der Waals surface area contributed by atoms with Gasteiger partial charge in [-0.1, -0.05) is 96.1 Å². The molecule has 2 N–H and O–H groups in total. The Bertz CT molecular complexity index is 651. The second-order valence-corrected chi connectivity index (χ2v) is 9.61. The van der Waals surface area contributed by atoms with E-state index in [0.717, 1.165) is 18.4 Å². The van der Waals surface area contributed by atoms with E-state index in [2.05, 4.69) is 12.3 Å². The molecule has 1 heterocycles. The third-order valence-electron chi connectivity index (χ3n) is 5.80. The average Bonchev–Trinajstić information content (AvgIpc) is 3.12. The van der Waals surface area contributed by atoms with Crippen molar-refractivity contribution >= 4 is 23.6 Å². The summed E-state index contributed by atoms with van der Waals surface area (Å²) in [6.07, 6.45) is 17.1. The number of nitrogens with zero attached hydrogens (tertiary/aromatic N) is 1. The minimum atomic E-state index is -0.233. The molecule has 0 saturated carbocycles. The van der Waals surface area contributed by atoms with Crippen LogP contribution in [-0.2, 0) is 9.59 Å². The highest BCUT2D eigenvalue weighted by Crippen LogP contribution is 2.37. The van der Waals surface area contributed by atoms with Gasteiger partial charge < -0.3 is 5.11 Å². The van der Waals surface area contributed by atoms with Gasteiger partial charge in [0.15, 0.2) is 0 Å². The number of carbonyl (C=O) groups is 2. The van der Waals surface area contributed by atoms with Crippen molar-refractivity contribution in [2.24, 2.45) is 0 Å². The van der Waals surface area contributed by atoms with Crippen LogP contribution < -0.4 is 5.43 Å². The predicted octanol–water partition coefficient (Wildman–Crippen LogP) is 6.48. The Morgan fingerprint density at radius 3 is 2.00 bits per heavy atom. The minimum absolute atomic E-state index is 0.0817. The van der Waals surface area contributed by atoms with Gasteiger partial charge in [0.2, 0.25) is 5.91 Å². The summed E-state index contributed by atoms with van der Waals surface area (Å²) in [5, 5.41) is 10.7. The van der Waals surface area contributed by atoms with Gasteiger partial charge in [-0.15, -0.1) is 11.8 Å². The molecule has 174 valence electrons. The molecular weight excluding hydrogens is 408 g/mol. The number of unbranched alkanes of at least 4 members (excludes halogenated alkanes) is 12. The van der Waals surface area contributed by atoms with Crippen molar-refractivity contribution in [3.63, 3.8) is 0 Å². The van der Waals surface area contributed by atoms with Crippen molar-refractivity contribution in [2.45, 2.75) is 102 Å². The number of hydrogen-bond acceptors (Lipinski definition) is 4. The number of carbonyl (C=O) groups excluding carboxylic acids is 2. The van der Waals surface area contributed by atoms with Gasteiger partial charge in [-0.2, -0.15) is 0 Å². The Labute approximate surface area is 192 Å². The Morgan fingerprint density at radius 2 is 1.45 bits per heavy atom. The number of hydrazine groups is 1. The number of phenolic OH excluding ortho intramolecular Hbond substituents is 1. The molecule has 1 aromatic carbocycles. The minimum Gasteiger partial charge on any atom is -0.508 e. The second kappa shape index (κ2) is 15.2. The summed E-state index contributed by atoms with van der Waals surface area (Å²) >= 11 is 1.49. The van der Waals surface area contributed by atoms with Crippen molar-refractivity contribution in [1.82, 2.24) is 10.4 Å². The van der Waals surface area contributed by atoms with E-state index < -0.39 is 0 Å². The number of amides is 2. The van der Waals surface area contributed by atoms with Gasteiger partial charge in [0.1, 0.15) is 11.1 Å². The molecule has 0 aromatic heterocycles. The summed E-state index contributed by atoms with van der Waals surface area (Å²) in [6.45, 7) is 2.26. The van der Waals surface area contributed by atoms with Crippen LogP contribution in [0.5, 0.6) is 5.75 Å². The lowest BCUT2D eigenvalue weighted by atomic mass is 10.0. The lowest BCUT2D eigenvalue weighted by molar-refractivity contribution is -0.139. The zero-order valence-electron chi connectivity index (χ0n) is 19.1. The van der Waals surface area contributed by atoms with E-state index in [0.29, 0.717) is 12.2 Å². The molecule has 1 saturated heterocycles. The third-order valence-corrected chi connectivity index (χ3v) is 7.01. The first-order chi connectivity index (χ1) is 15.1. The number of phenols is 1. The average molecular weight is 449 g/mol. The molecule has 1 atom stereocenters. The van der Waals surface area contributed by atoms with Crippen LogP contribution in [-0.4, -0.2) is 27.7 Å². The van der Waals surface area contributed by atoms with Crippen LogP contribution in [0.25, 0.3) is 0 Å². The molecule has 1 aliphatic heterocycles. The van der Waals surface area contributed by atoms with Crippen LogP contribution in [0.3, 0.4) is 0 Å². The van der Waals surface area contributed by atoms with Crippen LogP contribution >= 0.6 is 11.8 Å². The summed E-state index contributed by atoms with van der Waals surface area (Å²) in [5.41, 5.74) is 3.69. The van der Waals surface area contributed by atoms with Crippen LogP contribution in [0.1, 0.15) is 108 Å². The molecular formula is C25H40N2O3S. The van der Waals surface area contributed by atoms with Crippen LogP contribution in [0, 0.1) is 0 Å². The summed E-state index contributed by atoms with van der Waals surface area (Å²) in [4.78, 5) is 24.5. The molecule has 2 rings (SSSR count). The molecule has 1 aliphatic rings. The summed E-state index contributed by atoms with van der Waals surface area (Å²) in [6, 6.07) is 6.78. The van der Waals surface area contributed by atoms with E-state index >= 15 is 0 Å². The maximum atomic E-state index is 12.3. The fourth-order valence-electron chi connectivity index (χ4n) is 3.92. The third kappa shape index (κ3) is 9.98. The van der Waals surface area contributed by atoms with Gasteiger partial charge in [0, 0.05) is 6.42 Å². The number of hydrogen-bond donors (Lipinski definition) is 2. The quantitative estimate of drug-likeness (QED) is 0.284. The Kier molecular flexibility index (Phi) is 12.5. The molecule has 1 unspecified atom stereocenters. The molecule has 5 nitrogen and oxygen atoms in total.